The van der Waals surface area contributed by atoms with Gasteiger partial charge in [0.2, 0.25) is 0 Å². The van der Waals surface area contributed by atoms with Gasteiger partial charge in [0.05, 0.1) is 5.01 Å². The number of nitrogens with zero attached hydrogens (tertiary/aromatic N) is 1. The molecule has 12 heavy (non-hydrogen) atoms. The second-order valence-corrected chi connectivity index (χ2v) is 4.18. The van der Waals surface area contributed by atoms with Crippen LogP contribution >= 0.6 is 11.3 Å². The Morgan fingerprint density at radius 2 is 2.50 bits per heavy atom. The van der Waals surface area contributed by atoms with E-state index in [-0.39, 0.29) is 0 Å². The lowest BCUT2D eigenvalue weighted by molar-refractivity contribution is 0.559. The molecule has 3 N–H and O–H groups in total. The molecular formula is C8H15N3S. The standard InChI is InChI=1S/C8H15N3S/c1-6(3-9)10-4-8-5-11-7(2)12-8/h5-6,10H,3-4,9H2,1-2H3/t6-/m1/s1. The first-order valence-corrected chi connectivity index (χ1v) is 4.88. The van der Waals surface area contributed by atoms with Crippen LogP contribution < -0.4 is 11.1 Å². The van der Waals surface area contributed by atoms with Gasteiger partial charge in [-0.2, -0.15) is 0 Å². The highest BCUT2D eigenvalue weighted by atomic mass is 32.1. The lowest BCUT2D eigenvalue weighted by atomic mass is 10.3. The van der Waals surface area contributed by atoms with Gasteiger partial charge in [0.15, 0.2) is 0 Å². The summed E-state index contributed by atoms with van der Waals surface area (Å²) < 4.78 is 0. The molecule has 0 bridgehead atoms. The van der Waals surface area contributed by atoms with E-state index in [1.165, 1.54) is 4.88 Å². The van der Waals surface area contributed by atoms with Gasteiger partial charge >= 0.3 is 0 Å². The third kappa shape index (κ3) is 2.89. The van der Waals surface area contributed by atoms with Gasteiger partial charge in [-0.1, -0.05) is 0 Å². The van der Waals surface area contributed by atoms with Crippen molar-refractivity contribution in [3.63, 3.8) is 0 Å². The van der Waals surface area contributed by atoms with E-state index >= 15 is 0 Å². The highest BCUT2D eigenvalue weighted by molar-refractivity contribution is 7.11. The number of nitrogens with two attached hydrogens (primary N) is 1. The fourth-order valence-electron chi connectivity index (χ4n) is 0.845. The first kappa shape index (κ1) is 9.64. The molecule has 0 amide bonds. The number of nitrogens with one attached hydrogen (secondary N) is 1. The summed E-state index contributed by atoms with van der Waals surface area (Å²) in [5.41, 5.74) is 5.47. The summed E-state index contributed by atoms with van der Waals surface area (Å²) in [6, 6.07) is 0.382. The van der Waals surface area contributed by atoms with Crippen molar-refractivity contribution in [2.75, 3.05) is 6.54 Å². The molecule has 1 rings (SSSR count). The van der Waals surface area contributed by atoms with Crippen molar-refractivity contribution in [1.29, 1.82) is 0 Å². The fraction of sp³-hybridized carbons (Fsp3) is 0.625. The molecule has 1 aromatic heterocycles. The second kappa shape index (κ2) is 4.54. The maximum atomic E-state index is 5.47. The van der Waals surface area contributed by atoms with Crippen LogP contribution in [0.25, 0.3) is 0 Å². The Hall–Kier alpha value is -0.450. The largest absolute Gasteiger partial charge is 0.329 e. The molecule has 0 aliphatic rings. The van der Waals surface area contributed by atoms with E-state index in [9.17, 15) is 0 Å². The molecule has 0 radical (unpaired) electrons. The number of hydrogen-bond acceptors (Lipinski definition) is 4. The summed E-state index contributed by atoms with van der Waals surface area (Å²) in [7, 11) is 0. The molecule has 3 nitrogen and oxygen atoms in total. The van der Waals surface area contributed by atoms with Crippen molar-refractivity contribution in [1.82, 2.24) is 10.3 Å². The lowest BCUT2D eigenvalue weighted by Gasteiger charge is -2.08. The zero-order valence-electron chi connectivity index (χ0n) is 7.50. The van der Waals surface area contributed by atoms with Crippen molar-refractivity contribution in [3.05, 3.63) is 16.1 Å². The van der Waals surface area contributed by atoms with Crippen molar-refractivity contribution in [2.24, 2.45) is 5.73 Å². The Balaban J connectivity index is 2.33. The number of rotatable bonds is 4. The zero-order chi connectivity index (χ0) is 8.97. The topological polar surface area (TPSA) is 50.9 Å². The van der Waals surface area contributed by atoms with Gasteiger partial charge in [-0.15, -0.1) is 11.3 Å². The van der Waals surface area contributed by atoms with Crippen molar-refractivity contribution >= 4 is 11.3 Å². The van der Waals surface area contributed by atoms with Crippen molar-refractivity contribution in [2.45, 2.75) is 26.4 Å². The molecule has 0 saturated heterocycles. The maximum absolute atomic E-state index is 5.47. The molecule has 0 unspecified atom stereocenters. The van der Waals surface area contributed by atoms with Gasteiger partial charge in [-0.05, 0) is 13.8 Å². The van der Waals surface area contributed by atoms with Gasteiger partial charge in [-0.25, -0.2) is 4.98 Å². The minimum atomic E-state index is 0.382. The van der Waals surface area contributed by atoms with E-state index in [0.29, 0.717) is 12.6 Å². The molecule has 1 aromatic rings. The van der Waals surface area contributed by atoms with Crippen LogP contribution in [-0.4, -0.2) is 17.6 Å². The summed E-state index contributed by atoms with van der Waals surface area (Å²) in [6.07, 6.45) is 1.91. The van der Waals surface area contributed by atoms with E-state index in [0.717, 1.165) is 11.6 Å². The van der Waals surface area contributed by atoms with Crippen LogP contribution in [0.5, 0.6) is 0 Å². The molecule has 0 fully saturated rings. The first-order chi connectivity index (χ1) is 5.72. The lowest BCUT2D eigenvalue weighted by Crippen LogP contribution is -2.32. The molecule has 0 spiro atoms. The maximum Gasteiger partial charge on any atom is 0.0897 e. The Morgan fingerprint density at radius 3 is 3.00 bits per heavy atom. The molecule has 0 aliphatic heterocycles. The highest BCUT2D eigenvalue weighted by Gasteiger charge is 2.00. The van der Waals surface area contributed by atoms with Gasteiger partial charge in [-0.3, -0.25) is 0 Å². The van der Waals surface area contributed by atoms with Crippen molar-refractivity contribution in [3.8, 4) is 0 Å². The van der Waals surface area contributed by atoms with Crippen LogP contribution in [0.4, 0.5) is 0 Å². The molecule has 1 atom stereocenters. The van der Waals surface area contributed by atoms with Crippen LogP contribution in [0.15, 0.2) is 6.20 Å². The number of hydrogen-bond donors (Lipinski definition) is 2. The Kier molecular flexibility index (Phi) is 3.65. The van der Waals surface area contributed by atoms with Crippen LogP contribution in [-0.2, 0) is 6.54 Å². The molecule has 1 heterocycles. The predicted octanol–water partition coefficient (Wildman–Crippen LogP) is 0.888. The second-order valence-electron chi connectivity index (χ2n) is 2.86. The van der Waals surface area contributed by atoms with Crippen LogP contribution in [0.2, 0.25) is 0 Å². The van der Waals surface area contributed by atoms with Crippen LogP contribution in [0.1, 0.15) is 16.8 Å². The Morgan fingerprint density at radius 1 is 1.75 bits per heavy atom. The van der Waals surface area contributed by atoms with Gasteiger partial charge in [0, 0.05) is 30.2 Å². The monoisotopic (exact) mass is 185 g/mol. The number of aryl methyl sites for hydroxylation is 1. The predicted molar refractivity (Wildman–Crippen MR) is 52.2 cm³/mol. The molecule has 0 aliphatic carbocycles. The SMILES string of the molecule is Cc1ncc(CN[C@H](C)CN)s1. The minimum Gasteiger partial charge on any atom is -0.329 e. The summed E-state index contributed by atoms with van der Waals surface area (Å²) in [5, 5.41) is 4.43. The number of thiazole rings is 1. The number of aromatic nitrogens is 1. The summed E-state index contributed by atoms with van der Waals surface area (Å²) in [4.78, 5) is 5.44. The highest BCUT2D eigenvalue weighted by Crippen LogP contribution is 2.10. The first-order valence-electron chi connectivity index (χ1n) is 4.07. The molecule has 0 saturated carbocycles. The van der Waals surface area contributed by atoms with E-state index in [1.54, 1.807) is 11.3 Å². The van der Waals surface area contributed by atoms with Crippen LogP contribution in [0.3, 0.4) is 0 Å². The van der Waals surface area contributed by atoms with Crippen LogP contribution in [0, 0.1) is 6.92 Å². The smallest absolute Gasteiger partial charge is 0.0897 e. The molecule has 4 heteroatoms. The van der Waals surface area contributed by atoms with E-state index in [4.69, 9.17) is 5.73 Å². The summed E-state index contributed by atoms with van der Waals surface area (Å²) >= 11 is 1.73. The summed E-state index contributed by atoms with van der Waals surface area (Å²) in [6.45, 7) is 5.65. The Bertz CT molecular complexity index is 234. The van der Waals surface area contributed by atoms with E-state index in [2.05, 4.69) is 17.2 Å². The van der Waals surface area contributed by atoms with Crippen molar-refractivity contribution < 1.29 is 0 Å². The Labute approximate surface area is 77.0 Å². The van der Waals surface area contributed by atoms with E-state index in [1.807, 2.05) is 13.1 Å². The van der Waals surface area contributed by atoms with Gasteiger partial charge in [0.1, 0.15) is 0 Å². The average Bonchev–Trinajstić information content (AvgIpc) is 2.47. The molecular weight excluding hydrogens is 170 g/mol. The summed E-state index contributed by atoms with van der Waals surface area (Å²) in [5.74, 6) is 0. The fourth-order valence-corrected chi connectivity index (χ4v) is 1.59. The third-order valence-corrected chi connectivity index (χ3v) is 2.56. The minimum absolute atomic E-state index is 0.382. The van der Waals surface area contributed by atoms with E-state index < -0.39 is 0 Å². The average molecular weight is 185 g/mol. The third-order valence-electron chi connectivity index (χ3n) is 1.65. The normalized spacial score (nSPS) is 13.2. The van der Waals surface area contributed by atoms with Gasteiger partial charge < -0.3 is 11.1 Å². The zero-order valence-corrected chi connectivity index (χ0v) is 8.32. The van der Waals surface area contributed by atoms with Gasteiger partial charge in [0.25, 0.3) is 0 Å². The quantitative estimate of drug-likeness (QED) is 0.732. The molecule has 68 valence electrons. The molecule has 0 aromatic carbocycles.